The Bertz CT molecular complexity index is 826. The number of anilines is 1. The van der Waals surface area contributed by atoms with Crippen molar-refractivity contribution in [2.75, 3.05) is 45.2 Å². The molecule has 1 saturated heterocycles. The Morgan fingerprint density at radius 1 is 1.28 bits per heavy atom. The average Bonchev–Trinajstić information content (AvgIpc) is 3.20. The van der Waals surface area contributed by atoms with Gasteiger partial charge in [-0.2, -0.15) is 0 Å². The number of aliphatic imine (C=N–C) groups is 1. The topological polar surface area (TPSA) is 40.1 Å². The van der Waals surface area contributed by atoms with Crippen LogP contribution in [-0.2, 0) is 6.54 Å². The average molecular weight is 399 g/mol. The maximum atomic E-state index is 13.5. The number of hydrogen-bond donors (Lipinski definition) is 1. The lowest BCUT2D eigenvalue weighted by Gasteiger charge is -2.23. The second kappa shape index (κ2) is 10.1. The van der Waals surface area contributed by atoms with Crippen LogP contribution in [-0.4, -0.2) is 51.2 Å². The monoisotopic (exact) mass is 398 g/mol. The third-order valence-electron chi connectivity index (χ3n) is 5.21. The van der Waals surface area contributed by atoms with E-state index in [-0.39, 0.29) is 5.82 Å². The predicted octanol–water partition coefficient (Wildman–Crippen LogP) is 3.76. The molecule has 0 aromatic heterocycles. The maximum Gasteiger partial charge on any atom is 0.193 e. The van der Waals surface area contributed by atoms with E-state index >= 15 is 0 Å². The second-order valence-corrected chi connectivity index (χ2v) is 7.48. The first-order chi connectivity index (χ1) is 14.1. The fourth-order valence-corrected chi connectivity index (χ4v) is 3.69. The molecule has 6 heteroatoms. The van der Waals surface area contributed by atoms with Crippen LogP contribution in [0.15, 0.2) is 53.5 Å². The molecule has 0 bridgehead atoms. The van der Waals surface area contributed by atoms with Gasteiger partial charge in [-0.25, -0.2) is 4.39 Å². The molecule has 156 valence electrons. The molecule has 3 rings (SSSR count). The molecular formula is C23H31FN4O. The number of methoxy groups -OCH3 is 1. The highest BCUT2D eigenvalue weighted by Gasteiger charge is 2.23. The van der Waals surface area contributed by atoms with Gasteiger partial charge in [0, 0.05) is 51.5 Å². The summed E-state index contributed by atoms with van der Waals surface area (Å²) in [6.07, 6.45) is 1.12. The summed E-state index contributed by atoms with van der Waals surface area (Å²) in [7, 11) is 3.69. The van der Waals surface area contributed by atoms with E-state index in [0.717, 1.165) is 49.9 Å². The second-order valence-electron chi connectivity index (χ2n) is 7.48. The van der Waals surface area contributed by atoms with Crippen molar-refractivity contribution in [2.24, 2.45) is 10.9 Å². The maximum absolute atomic E-state index is 13.5. The number of nitrogens with zero attached hydrogens (tertiary/aromatic N) is 3. The molecule has 1 aliphatic heterocycles. The minimum Gasteiger partial charge on any atom is -0.497 e. The molecule has 29 heavy (non-hydrogen) atoms. The Balaban J connectivity index is 1.59. The van der Waals surface area contributed by atoms with Gasteiger partial charge >= 0.3 is 0 Å². The molecule has 1 heterocycles. The molecule has 0 aliphatic carbocycles. The Hall–Kier alpha value is -2.76. The quantitative estimate of drug-likeness (QED) is 0.570. The molecule has 1 unspecified atom stereocenters. The standard InChI is InChI=1S/C23H31FN4O/c1-4-25-23(27(2)16-18-7-5-8-20(24)13-18)26-15-19-11-12-28(17-19)21-9-6-10-22(14-21)29-3/h5-10,13-14,19H,4,11-12,15-17H2,1-3H3,(H,25,26). The van der Waals surface area contributed by atoms with Crippen LogP contribution in [0.4, 0.5) is 10.1 Å². The van der Waals surface area contributed by atoms with Crippen molar-refractivity contribution in [3.05, 3.63) is 59.9 Å². The summed E-state index contributed by atoms with van der Waals surface area (Å²) in [4.78, 5) is 9.31. The van der Waals surface area contributed by atoms with Gasteiger partial charge in [0.2, 0.25) is 0 Å². The Morgan fingerprint density at radius 2 is 2.10 bits per heavy atom. The summed E-state index contributed by atoms with van der Waals surface area (Å²) in [5, 5.41) is 3.35. The third kappa shape index (κ3) is 5.86. The fraction of sp³-hybridized carbons (Fsp3) is 0.435. The van der Waals surface area contributed by atoms with Crippen LogP contribution < -0.4 is 15.0 Å². The Morgan fingerprint density at radius 3 is 2.86 bits per heavy atom. The van der Waals surface area contributed by atoms with Gasteiger partial charge in [-0.05, 0) is 49.1 Å². The van der Waals surface area contributed by atoms with E-state index in [0.29, 0.717) is 12.5 Å². The minimum absolute atomic E-state index is 0.207. The molecule has 1 aliphatic rings. The highest BCUT2D eigenvalue weighted by atomic mass is 19.1. The zero-order chi connectivity index (χ0) is 20.6. The van der Waals surface area contributed by atoms with Gasteiger partial charge in [-0.1, -0.05) is 18.2 Å². The van der Waals surface area contributed by atoms with Crippen molar-refractivity contribution in [3.63, 3.8) is 0 Å². The summed E-state index contributed by atoms with van der Waals surface area (Å²) in [5.41, 5.74) is 2.13. The molecular weight excluding hydrogens is 367 g/mol. The number of rotatable bonds is 7. The van der Waals surface area contributed by atoms with Crippen LogP contribution in [0, 0.1) is 11.7 Å². The molecule has 0 saturated carbocycles. The lowest BCUT2D eigenvalue weighted by atomic mass is 10.1. The molecule has 0 spiro atoms. The highest BCUT2D eigenvalue weighted by Crippen LogP contribution is 2.27. The summed E-state index contributed by atoms with van der Waals surface area (Å²) in [6, 6.07) is 14.9. The highest BCUT2D eigenvalue weighted by molar-refractivity contribution is 5.79. The lowest BCUT2D eigenvalue weighted by molar-refractivity contribution is 0.415. The van der Waals surface area contributed by atoms with Crippen LogP contribution in [0.2, 0.25) is 0 Å². The van der Waals surface area contributed by atoms with Crippen molar-refractivity contribution >= 4 is 11.6 Å². The molecule has 0 radical (unpaired) electrons. The van der Waals surface area contributed by atoms with Crippen molar-refractivity contribution < 1.29 is 9.13 Å². The molecule has 5 nitrogen and oxygen atoms in total. The van der Waals surface area contributed by atoms with Gasteiger partial charge in [0.1, 0.15) is 11.6 Å². The van der Waals surface area contributed by atoms with Crippen LogP contribution in [0.3, 0.4) is 0 Å². The lowest BCUT2D eigenvalue weighted by Crippen LogP contribution is -2.39. The van der Waals surface area contributed by atoms with E-state index in [9.17, 15) is 4.39 Å². The number of ether oxygens (including phenoxy) is 1. The largest absolute Gasteiger partial charge is 0.497 e. The van der Waals surface area contributed by atoms with E-state index in [1.165, 1.54) is 11.8 Å². The van der Waals surface area contributed by atoms with Gasteiger partial charge in [-0.3, -0.25) is 4.99 Å². The van der Waals surface area contributed by atoms with Crippen molar-refractivity contribution in [3.8, 4) is 5.75 Å². The SMILES string of the molecule is CCNC(=NCC1CCN(c2cccc(OC)c2)C1)N(C)Cc1cccc(F)c1. The summed E-state index contributed by atoms with van der Waals surface area (Å²) >= 11 is 0. The van der Waals surface area contributed by atoms with Crippen molar-refractivity contribution in [2.45, 2.75) is 19.9 Å². The molecule has 0 amide bonds. The van der Waals surface area contributed by atoms with E-state index in [1.807, 2.05) is 30.1 Å². The zero-order valence-corrected chi connectivity index (χ0v) is 17.6. The normalized spacial score (nSPS) is 16.8. The summed E-state index contributed by atoms with van der Waals surface area (Å²) < 4.78 is 18.8. The molecule has 1 N–H and O–H groups in total. The first-order valence-corrected chi connectivity index (χ1v) is 10.2. The molecule has 2 aromatic carbocycles. The molecule has 1 atom stereocenters. The van der Waals surface area contributed by atoms with Crippen molar-refractivity contribution in [1.82, 2.24) is 10.2 Å². The molecule has 1 fully saturated rings. The van der Waals surface area contributed by atoms with E-state index < -0.39 is 0 Å². The minimum atomic E-state index is -0.207. The predicted molar refractivity (Wildman–Crippen MR) is 117 cm³/mol. The third-order valence-corrected chi connectivity index (χ3v) is 5.21. The molecule has 2 aromatic rings. The van der Waals surface area contributed by atoms with Crippen LogP contribution >= 0.6 is 0 Å². The van der Waals surface area contributed by atoms with Gasteiger partial charge in [0.15, 0.2) is 5.96 Å². The number of halogens is 1. The van der Waals surface area contributed by atoms with Crippen molar-refractivity contribution in [1.29, 1.82) is 0 Å². The van der Waals surface area contributed by atoms with Crippen LogP contribution in [0.5, 0.6) is 5.75 Å². The zero-order valence-electron chi connectivity index (χ0n) is 17.6. The first-order valence-electron chi connectivity index (χ1n) is 10.2. The first kappa shape index (κ1) is 21.0. The smallest absolute Gasteiger partial charge is 0.193 e. The number of nitrogens with one attached hydrogen (secondary N) is 1. The van der Waals surface area contributed by atoms with Gasteiger partial charge < -0.3 is 19.9 Å². The van der Waals surface area contributed by atoms with Gasteiger partial charge in [0.05, 0.1) is 7.11 Å². The Labute approximate surface area is 173 Å². The number of benzene rings is 2. The Kier molecular flexibility index (Phi) is 7.33. The van der Waals surface area contributed by atoms with Gasteiger partial charge in [-0.15, -0.1) is 0 Å². The van der Waals surface area contributed by atoms with Crippen LogP contribution in [0.1, 0.15) is 18.9 Å². The van der Waals surface area contributed by atoms with E-state index in [4.69, 9.17) is 9.73 Å². The number of hydrogen-bond acceptors (Lipinski definition) is 3. The van der Waals surface area contributed by atoms with Crippen LogP contribution in [0.25, 0.3) is 0 Å². The fourth-order valence-electron chi connectivity index (χ4n) is 3.69. The summed E-state index contributed by atoms with van der Waals surface area (Å²) in [6.45, 7) is 6.27. The van der Waals surface area contributed by atoms with Gasteiger partial charge in [0.25, 0.3) is 0 Å². The number of guanidine groups is 1. The van der Waals surface area contributed by atoms with E-state index in [1.54, 1.807) is 19.2 Å². The van der Waals surface area contributed by atoms with E-state index in [2.05, 4.69) is 29.3 Å². The summed E-state index contributed by atoms with van der Waals surface area (Å²) in [5.74, 6) is 2.05.